The molecular formula is C9H10FN3O4. The van der Waals surface area contributed by atoms with E-state index < -0.39 is 27.0 Å². The number of hydrogen-bond acceptors (Lipinski definition) is 5. The van der Waals surface area contributed by atoms with Crippen LogP contribution in [0.5, 0.6) is 0 Å². The van der Waals surface area contributed by atoms with E-state index in [-0.39, 0.29) is 12.1 Å². The Morgan fingerprint density at radius 3 is 2.12 bits per heavy atom. The van der Waals surface area contributed by atoms with Crippen LogP contribution in [0.3, 0.4) is 0 Å². The number of nitrogens with zero attached hydrogens (tertiary/aromatic N) is 3. The van der Waals surface area contributed by atoms with Gasteiger partial charge in [-0.1, -0.05) is 0 Å². The molecule has 0 N–H and O–H groups in total. The normalized spacial score (nSPS) is 10.6. The van der Waals surface area contributed by atoms with Gasteiger partial charge in [0.05, 0.1) is 15.9 Å². The van der Waals surface area contributed by atoms with E-state index in [4.69, 9.17) is 0 Å². The molecule has 8 heteroatoms. The van der Waals surface area contributed by atoms with E-state index in [0.29, 0.717) is 6.07 Å². The van der Waals surface area contributed by atoms with Gasteiger partial charge in [0.1, 0.15) is 0 Å². The minimum atomic E-state index is -1.07. The third-order valence-electron chi connectivity index (χ3n) is 2.03. The fraction of sp³-hybridized carbons (Fsp3) is 0.333. The molecule has 1 rings (SSSR count). The maximum atomic E-state index is 13.3. The number of nitro benzene ring substituents is 2. The van der Waals surface area contributed by atoms with Gasteiger partial charge in [0, 0.05) is 12.1 Å². The molecule has 7 nitrogen and oxygen atoms in total. The molecule has 0 heterocycles. The number of benzene rings is 1. The molecule has 1 aromatic carbocycles. The second-order valence-electron chi connectivity index (χ2n) is 3.68. The van der Waals surface area contributed by atoms with Crippen molar-refractivity contribution >= 4 is 11.4 Å². The number of halogens is 1. The average Bonchev–Trinajstić information content (AvgIpc) is 2.15. The van der Waals surface area contributed by atoms with Gasteiger partial charge < -0.3 is 4.90 Å². The molecule has 0 radical (unpaired) electrons. The summed E-state index contributed by atoms with van der Waals surface area (Å²) in [4.78, 5) is 21.1. The van der Waals surface area contributed by atoms with Crippen molar-refractivity contribution < 1.29 is 14.2 Å². The van der Waals surface area contributed by atoms with Gasteiger partial charge in [0.15, 0.2) is 0 Å². The summed E-state index contributed by atoms with van der Waals surface area (Å²) in [6.45, 7) is 0.130. The van der Waals surface area contributed by atoms with Crippen molar-refractivity contribution in [1.82, 2.24) is 4.90 Å². The monoisotopic (exact) mass is 243 g/mol. The highest BCUT2D eigenvalue weighted by Gasteiger charge is 2.24. The molecule has 1 aromatic rings. The molecular weight excluding hydrogens is 233 g/mol. The Morgan fingerprint density at radius 2 is 1.71 bits per heavy atom. The lowest BCUT2D eigenvalue weighted by atomic mass is 10.1. The molecule has 0 fully saturated rings. The molecule has 0 saturated carbocycles. The molecule has 0 saturated heterocycles. The molecule has 0 aliphatic heterocycles. The van der Waals surface area contributed by atoms with Crippen molar-refractivity contribution in [2.45, 2.75) is 6.54 Å². The topological polar surface area (TPSA) is 89.5 Å². The SMILES string of the molecule is CN(C)Cc1cc(F)c([N+](=O)[O-])cc1[N+](=O)[O-]. The van der Waals surface area contributed by atoms with Crippen LogP contribution in [0.25, 0.3) is 0 Å². The zero-order valence-corrected chi connectivity index (χ0v) is 9.21. The maximum Gasteiger partial charge on any atom is 0.311 e. The van der Waals surface area contributed by atoms with Crippen LogP contribution in [-0.4, -0.2) is 28.8 Å². The lowest BCUT2D eigenvalue weighted by Crippen LogP contribution is -2.13. The van der Waals surface area contributed by atoms with Gasteiger partial charge in [-0.15, -0.1) is 0 Å². The van der Waals surface area contributed by atoms with Gasteiger partial charge in [-0.2, -0.15) is 4.39 Å². The molecule has 92 valence electrons. The summed E-state index contributed by atoms with van der Waals surface area (Å²) < 4.78 is 13.3. The van der Waals surface area contributed by atoms with E-state index in [1.807, 2.05) is 0 Å². The van der Waals surface area contributed by atoms with E-state index in [2.05, 4.69) is 0 Å². The van der Waals surface area contributed by atoms with Gasteiger partial charge in [0.25, 0.3) is 5.69 Å². The van der Waals surface area contributed by atoms with E-state index in [1.165, 1.54) is 0 Å². The minimum absolute atomic E-state index is 0.100. The van der Waals surface area contributed by atoms with Gasteiger partial charge in [-0.25, -0.2) is 0 Å². The lowest BCUT2D eigenvalue weighted by Gasteiger charge is -2.09. The minimum Gasteiger partial charge on any atom is -0.305 e. The van der Waals surface area contributed by atoms with Crippen molar-refractivity contribution in [3.8, 4) is 0 Å². The van der Waals surface area contributed by atoms with Crippen LogP contribution in [0.4, 0.5) is 15.8 Å². The molecule has 0 amide bonds. The first-order chi connectivity index (χ1) is 7.82. The van der Waals surface area contributed by atoms with E-state index in [9.17, 15) is 24.6 Å². The summed E-state index contributed by atoms with van der Waals surface area (Å²) >= 11 is 0. The number of nitro groups is 2. The van der Waals surface area contributed by atoms with E-state index in [0.717, 1.165) is 6.07 Å². The Balaban J connectivity index is 3.35. The van der Waals surface area contributed by atoms with E-state index in [1.54, 1.807) is 19.0 Å². The van der Waals surface area contributed by atoms with Gasteiger partial charge in [0.2, 0.25) is 5.82 Å². The Kier molecular flexibility index (Phi) is 3.69. The fourth-order valence-corrected chi connectivity index (χ4v) is 1.37. The second-order valence-corrected chi connectivity index (χ2v) is 3.68. The third kappa shape index (κ3) is 2.94. The quantitative estimate of drug-likeness (QED) is 0.593. The highest BCUT2D eigenvalue weighted by molar-refractivity contribution is 5.50. The Morgan fingerprint density at radius 1 is 1.18 bits per heavy atom. The zero-order valence-electron chi connectivity index (χ0n) is 9.21. The van der Waals surface area contributed by atoms with Crippen LogP contribution in [-0.2, 0) is 6.54 Å². The first kappa shape index (κ1) is 13.0. The van der Waals surface area contributed by atoms with Crippen LogP contribution in [0, 0.1) is 26.0 Å². The van der Waals surface area contributed by atoms with Gasteiger partial charge in [-0.05, 0) is 20.2 Å². The summed E-state index contributed by atoms with van der Waals surface area (Å²) in [6, 6.07) is 1.48. The predicted molar refractivity (Wildman–Crippen MR) is 57.1 cm³/mol. The van der Waals surface area contributed by atoms with Crippen LogP contribution in [0.1, 0.15) is 5.56 Å². The van der Waals surface area contributed by atoms with Crippen molar-refractivity contribution in [2.24, 2.45) is 0 Å². The first-order valence-electron chi connectivity index (χ1n) is 4.59. The predicted octanol–water partition coefficient (Wildman–Crippen LogP) is 1.70. The molecule has 0 spiro atoms. The molecule has 0 aliphatic carbocycles. The third-order valence-corrected chi connectivity index (χ3v) is 2.03. The summed E-state index contributed by atoms with van der Waals surface area (Å²) in [7, 11) is 3.31. The van der Waals surface area contributed by atoms with Crippen molar-refractivity contribution in [3.05, 3.63) is 43.7 Å². The maximum absolute atomic E-state index is 13.3. The molecule has 0 aromatic heterocycles. The Bertz CT molecular complexity index is 476. The summed E-state index contributed by atoms with van der Waals surface area (Å²) in [5, 5.41) is 21.2. The van der Waals surface area contributed by atoms with Crippen LogP contribution in [0.2, 0.25) is 0 Å². The van der Waals surface area contributed by atoms with Crippen molar-refractivity contribution in [1.29, 1.82) is 0 Å². The molecule has 0 bridgehead atoms. The standard InChI is InChI=1S/C9H10FN3O4/c1-11(2)5-6-3-7(10)9(13(16)17)4-8(6)12(14)15/h3-4H,5H2,1-2H3. The van der Waals surface area contributed by atoms with Crippen molar-refractivity contribution in [2.75, 3.05) is 14.1 Å². The van der Waals surface area contributed by atoms with Crippen LogP contribution >= 0.6 is 0 Å². The largest absolute Gasteiger partial charge is 0.311 e. The van der Waals surface area contributed by atoms with Crippen LogP contribution < -0.4 is 0 Å². The molecule has 0 unspecified atom stereocenters. The van der Waals surface area contributed by atoms with Crippen molar-refractivity contribution in [3.63, 3.8) is 0 Å². The fourth-order valence-electron chi connectivity index (χ4n) is 1.37. The van der Waals surface area contributed by atoms with Gasteiger partial charge in [-0.3, -0.25) is 20.2 Å². The first-order valence-corrected chi connectivity index (χ1v) is 4.59. The van der Waals surface area contributed by atoms with Gasteiger partial charge >= 0.3 is 5.69 Å². The Hall–Kier alpha value is -2.09. The number of hydrogen-bond donors (Lipinski definition) is 0. The summed E-state index contributed by atoms with van der Waals surface area (Å²) in [5.41, 5.74) is -1.24. The summed E-state index contributed by atoms with van der Waals surface area (Å²) in [5.74, 6) is -1.07. The molecule has 17 heavy (non-hydrogen) atoms. The average molecular weight is 243 g/mol. The molecule has 0 aliphatic rings. The van der Waals surface area contributed by atoms with Crippen LogP contribution in [0.15, 0.2) is 12.1 Å². The highest BCUT2D eigenvalue weighted by atomic mass is 19.1. The Labute approximate surface area is 95.8 Å². The van der Waals surface area contributed by atoms with E-state index >= 15 is 0 Å². The smallest absolute Gasteiger partial charge is 0.305 e. The zero-order chi connectivity index (χ0) is 13.2. The lowest BCUT2D eigenvalue weighted by molar-refractivity contribution is -0.396. The number of rotatable bonds is 4. The highest BCUT2D eigenvalue weighted by Crippen LogP contribution is 2.28. The summed E-state index contributed by atoms with van der Waals surface area (Å²) in [6.07, 6.45) is 0. The molecule has 0 atom stereocenters. The second kappa shape index (κ2) is 4.83.